The number of nitrogens with one attached hydrogen (secondary N) is 3. The summed E-state index contributed by atoms with van der Waals surface area (Å²) >= 11 is 0. The SMILES string of the molecule is Cc1cc(-c2cnc(N(C)c3cc(C(C)C)c4c(c3)n(C)c(=O)n4C)cn2)cnc1C(=O)NCC#Cc1cccc(NC2CCC(=O)NC2=O)c1. The highest BCUT2D eigenvalue weighted by atomic mass is 16.2. The number of hydrogen-bond acceptors (Lipinski definition) is 9. The van der Waals surface area contributed by atoms with E-state index in [-0.39, 0.29) is 48.0 Å². The molecule has 0 spiro atoms. The Kier molecular flexibility index (Phi) is 9.68. The number of piperidine rings is 1. The summed E-state index contributed by atoms with van der Waals surface area (Å²) in [6.07, 6.45) is 5.68. The summed E-state index contributed by atoms with van der Waals surface area (Å²) < 4.78 is 3.35. The van der Waals surface area contributed by atoms with Crippen molar-refractivity contribution in [1.82, 2.24) is 34.7 Å². The van der Waals surface area contributed by atoms with Crippen molar-refractivity contribution in [3.05, 3.63) is 93.9 Å². The van der Waals surface area contributed by atoms with Crippen LogP contribution in [0, 0.1) is 18.8 Å². The molecule has 0 saturated carbocycles. The van der Waals surface area contributed by atoms with Crippen molar-refractivity contribution in [3.8, 4) is 23.1 Å². The number of carbonyl (C=O) groups excluding carboxylic acids is 3. The second kappa shape index (κ2) is 14.3. The summed E-state index contributed by atoms with van der Waals surface area (Å²) in [6.45, 7) is 6.14. The predicted molar refractivity (Wildman–Crippen MR) is 196 cm³/mol. The maximum absolute atomic E-state index is 12.9. The first-order valence-corrected chi connectivity index (χ1v) is 16.6. The van der Waals surface area contributed by atoms with E-state index < -0.39 is 6.04 Å². The number of fused-ring (bicyclic) bond motifs is 1. The molecule has 3 amide bonds. The van der Waals surface area contributed by atoms with Crippen LogP contribution in [0.5, 0.6) is 0 Å². The highest BCUT2D eigenvalue weighted by Crippen LogP contribution is 2.32. The van der Waals surface area contributed by atoms with E-state index in [1.807, 2.05) is 55.3 Å². The molecule has 4 heterocycles. The molecular formula is C38H39N9O4. The van der Waals surface area contributed by atoms with Crippen molar-refractivity contribution < 1.29 is 14.4 Å². The van der Waals surface area contributed by atoms with Gasteiger partial charge in [-0.3, -0.25) is 38.8 Å². The van der Waals surface area contributed by atoms with Gasteiger partial charge in [-0.2, -0.15) is 0 Å². The first-order valence-electron chi connectivity index (χ1n) is 16.6. The second-order valence-corrected chi connectivity index (χ2v) is 12.9. The lowest BCUT2D eigenvalue weighted by atomic mass is 10.00. The van der Waals surface area contributed by atoms with Gasteiger partial charge in [-0.1, -0.05) is 31.8 Å². The molecule has 3 aromatic heterocycles. The van der Waals surface area contributed by atoms with Crippen LogP contribution in [-0.2, 0) is 23.7 Å². The Morgan fingerprint density at radius 1 is 1.04 bits per heavy atom. The molecule has 1 aliphatic heterocycles. The molecule has 260 valence electrons. The number of anilines is 3. The van der Waals surface area contributed by atoms with E-state index in [9.17, 15) is 19.2 Å². The van der Waals surface area contributed by atoms with Crippen LogP contribution in [0.2, 0.25) is 0 Å². The van der Waals surface area contributed by atoms with Gasteiger partial charge in [0.2, 0.25) is 11.8 Å². The van der Waals surface area contributed by atoms with E-state index in [1.54, 1.807) is 41.8 Å². The van der Waals surface area contributed by atoms with Crippen LogP contribution in [-0.4, -0.2) is 61.4 Å². The summed E-state index contributed by atoms with van der Waals surface area (Å²) in [7, 11) is 5.49. The van der Waals surface area contributed by atoms with Gasteiger partial charge in [0, 0.05) is 56.3 Å². The third kappa shape index (κ3) is 7.21. The van der Waals surface area contributed by atoms with Crippen LogP contribution < -0.4 is 26.5 Å². The number of imidazole rings is 1. The Hall–Kier alpha value is -6.29. The average molecular weight is 686 g/mol. The minimum absolute atomic E-state index is 0.0713. The van der Waals surface area contributed by atoms with Crippen LogP contribution in [0.4, 0.5) is 17.2 Å². The molecule has 1 saturated heterocycles. The lowest BCUT2D eigenvalue weighted by Crippen LogP contribution is -2.47. The molecule has 2 aromatic carbocycles. The maximum atomic E-state index is 12.9. The van der Waals surface area contributed by atoms with Gasteiger partial charge in [-0.15, -0.1) is 0 Å². The topological polar surface area (TPSA) is 156 Å². The molecule has 1 fully saturated rings. The zero-order valence-electron chi connectivity index (χ0n) is 29.4. The fourth-order valence-electron chi connectivity index (χ4n) is 6.11. The summed E-state index contributed by atoms with van der Waals surface area (Å²) in [6, 6.07) is 12.7. The van der Waals surface area contributed by atoms with Gasteiger partial charge in [0.05, 0.1) is 35.7 Å². The predicted octanol–water partition coefficient (Wildman–Crippen LogP) is 3.93. The van der Waals surface area contributed by atoms with E-state index in [0.717, 1.165) is 27.8 Å². The maximum Gasteiger partial charge on any atom is 0.328 e. The Balaban J connectivity index is 1.09. The summed E-state index contributed by atoms with van der Waals surface area (Å²) in [5.74, 6) is 5.86. The fourth-order valence-corrected chi connectivity index (χ4v) is 6.11. The van der Waals surface area contributed by atoms with Crippen molar-refractivity contribution in [2.24, 2.45) is 14.1 Å². The lowest BCUT2D eigenvalue weighted by Gasteiger charge is -2.22. The van der Waals surface area contributed by atoms with Crippen molar-refractivity contribution in [3.63, 3.8) is 0 Å². The van der Waals surface area contributed by atoms with Crippen molar-refractivity contribution in [1.29, 1.82) is 0 Å². The average Bonchev–Trinajstić information content (AvgIpc) is 3.34. The van der Waals surface area contributed by atoms with Crippen LogP contribution in [0.25, 0.3) is 22.3 Å². The minimum Gasteiger partial charge on any atom is -0.374 e. The zero-order chi connectivity index (χ0) is 36.4. The van der Waals surface area contributed by atoms with E-state index >= 15 is 0 Å². The Bertz CT molecular complexity index is 2290. The molecule has 1 aliphatic rings. The van der Waals surface area contributed by atoms with Gasteiger partial charge in [0.25, 0.3) is 5.91 Å². The first kappa shape index (κ1) is 34.6. The molecule has 13 nitrogen and oxygen atoms in total. The number of rotatable bonds is 8. The largest absolute Gasteiger partial charge is 0.374 e. The van der Waals surface area contributed by atoms with Crippen molar-refractivity contribution in [2.45, 2.75) is 45.6 Å². The number of amides is 3. The van der Waals surface area contributed by atoms with Crippen molar-refractivity contribution in [2.75, 3.05) is 23.8 Å². The molecule has 0 aliphatic carbocycles. The van der Waals surface area contributed by atoms with Crippen LogP contribution in [0.3, 0.4) is 0 Å². The molecule has 0 bridgehead atoms. The summed E-state index contributed by atoms with van der Waals surface area (Å²) in [5, 5.41) is 8.28. The van der Waals surface area contributed by atoms with Gasteiger partial charge in [0.15, 0.2) is 5.82 Å². The molecule has 1 unspecified atom stereocenters. The highest BCUT2D eigenvalue weighted by molar-refractivity contribution is 6.01. The van der Waals surface area contributed by atoms with Crippen LogP contribution in [0.15, 0.2) is 65.8 Å². The quantitative estimate of drug-likeness (QED) is 0.163. The number of carbonyl (C=O) groups is 3. The van der Waals surface area contributed by atoms with E-state index in [1.165, 1.54) is 0 Å². The van der Waals surface area contributed by atoms with Gasteiger partial charge < -0.3 is 15.5 Å². The second-order valence-electron chi connectivity index (χ2n) is 12.9. The molecule has 1 atom stereocenters. The first-order chi connectivity index (χ1) is 24.4. The Morgan fingerprint density at radius 2 is 1.84 bits per heavy atom. The number of hydrogen-bond donors (Lipinski definition) is 3. The monoisotopic (exact) mass is 685 g/mol. The fraction of sp³-hybridized carbons (Fsp3) is 0.289. The molecule has 3 N–H and O–H groups in total. The highest BCUT2D eigenvalue weighted by Gasteiger charge is 2.26. The third-order valence-corrected chi connectivity index (χ3v) is 8.97. The number of nitrogens with zero attached hydrogens (tertiary/aromatic N) is 6. The van der Waals surface area contributed by atoms with E-state index in [2.05, 4.69) is 62.7 Å². The van der Waals surface area contributed by atoms with Gasteiger partial charge in [-0.05, 0) is 66.8 Å². The molecule has 6 rings (SSSR count). The minimum atomic E-state index is -0.487. The standard InChI is InChI=1S/C38H39N9O4/c1-22(2)28-17-27(18-31-35(28)47(6)38(51)46(31)5)45(4)32-21-40-30(20-41-32)25-15-23(3)34(42-19-25)37(50)39-14-8-10-24-9-7-11-26(16-24)43-29-12-13-33(48)44-36(29)49/h7,9,11,15-22,29,43H,12-14H2,1-6H3,(H,39,50)(H,44,48,49). The number of aromatic nitrogens is 5. The molecule has 0 radical (unpaired) electrons. The van der Waals surface area contributed by atoms with E-state index in [4.69, 9.17) is 0 Å². The number of benzene rings is 2. The number of imide groups is 1. The van der Waals surface area contributed by atoms with Crippen LogP contribution in [0.1, 0.15) is 59.8 Å². The smallest absolute Gasteiger partial charge is 0.328 e. The van der Waals surface area contributed by atoms with Crippen LogP contribution >= 0.6 is 0 Å². The molecule has 5 aromatic rings. The van der Waals surface area contributed by atoms with Gasteiger partial charge in [-0.25, -0.2) is 9.78 Å². The van der Waals surface area contributed by atoms with Gasteiger partial charge >= 0.3 is 5.69 Å². The van der Waals surface area contributed by atoms with Crippen molar-refractivity contribution >= 4 is 45.9 Å². The summed E-state index contributed by atoms with van der Waals surface area (Å²) in [4.78, 5) is 64.8. The number of aryl methyl sites for hydroxylation is 3. The molecule has 13 heteroatoms. The normalized spacial score (nSPS) is 14.2. The molecule has 51 heavy (non-hydrogen) atoms. The van der Waals surface area contributed by atoms with E-state index in [0.29, 0.717) is 34.7 Å². The Labute approximate surface area is 295 Å². The number of pyridine rings is 1. The Morgan fingerprint density at radius 3 is 2.55 bits per heavy atom. The molecular weight excluding hydrogens is 646 g/mol. The third-order valence-electron chi connectivity index (χ3n) is 8.97. The summed E-state index contributed by atoms with van der Waals surface area (Å²) in [5.41, 5.74) is 7.38. The van der Waals surface area contributed by atoms with Gasteiger partial charge in [0.1, 0.15) is 11.7 Å². The zero-order valence-corrected chi connectivity index (χ0v) is 29.4. The lowest BCUT2D eigenvalue weighted by molar-refractivity contribution is -0.133.